The summed E-state index contributed by atoms with van der Waals surface area (Å²) in [7, 11) is 2.16. The fraction of sp³-hybridized carbons (Fsp3) is 0.421. The van der Waals surface area contributed by atoms with Gasteiger partial charge in [-0.2, -0.15) is 0 Å². The monoisotopic (exact) mass is 328 g/mol. The van der Waals surface area contributed by atoms with Gasteiger partial charge >= 0.3 is 0 Å². The Kier molecular flexibility index (Phi) is 4.90. The number of aromatic hydroxyl groups is 1. The maximum atomic E-state index is 11.4. The molecule has 5 nitrogen and oxygen atoms in total. The number of benzene rings is 1. The van der Waals surface area contributed by atoms with Crippen molar-refractivity contribution in [3.8, 4) is 17.2 Å². The predicted octanol–water partition coefficient (Wildman–Crippen LogP) is 2.57. The maximum absolute atomic E-state index is 11.4. The van der Waals surface area contributed by atoms with Gasteiger partial charge in [-0.3, -0.25) is 4.79 Å². The Bertz CT molecular complexity index is 744. The van der Waals surface area contributed by atoms with Gasteiger partial charge < -0.3 is 19.3 Å². The summed E-state index contributed by atoms with van der Waals surface area (Å²) in [5.41, 5.74) is 1.05. The van der Waals surface area contributed by atoms with Gasteiger partial charge in [-0.1, -0.05) is 0 Å². The van der Waals surface area contributed by atoms with Gasteiger partial charge in [-0.25, -0.2) is 0 Å². The number of rotatable bonds is 4. The Labute approximate surface area is 142 Å². The van der Waals surface area contributed by atoms with Crippen molar-refractivity contribution >= 4 is 0 Å². The molecule has 1 aromatic heterocycles. The van der Waals surface area contributed by atoms with Crippen LogP contribution in [0.3, 0.4) is 0 Å². The van der Waals surface area contributed by atoms with E-state index >= 15 is 0 Å². The second kappa shape index (κ2) is 7.09. The predicted molar refractivity (Wildman–Crippen MR) is 94.2 cm³/mol. The molecule has 0 spiro atoms. The van der Waals surface area contributed by atoms with Gasteiger partial charge in [0.05, 0.1) is 12.3 Å². The van der Waals surface area contributed by atoms with Crippen LogP contribution in [0.4, 0.5) is 0 Å². The van der Waals surface area contributed by atoms with Gasteiger partial charge in [0.15, 0.2) is 5.75 Å². The topological polar surface area (TPSA) is 54.7 Å². The van der Waals surface area contributed by atoms with Crippen LogP contribution in [0.15, 0.2) is 41.3 Å². The van der Waals surface area contributed by atoms with Gasteiger partial charge in [0.2, 0.25) is 5.43 Å². The second-order valence-electron chi connectivity index (χ2n) is 6.54. The molecule has 128 valence electrons. The van der Waals surface area contributed by atoms with E-state index in [1.165, 1.54) is 18.9 Å². The first-order chi connectivity index (χ1) is 11.5. The zero-order valence-corrected chi connectivity index (χ0v) is 14.2. The van der Waals surface area contributed by atoms with E-state index in [9.17, 15) is 9.90 Å². The highest BCUT2D eigenvalue weighted by Gasteiger charge is 2.17. The van der Waals surface area contributed by atoms with Crippen molar-refractivity contribution in [3.05, 3.63) is 52.4 Å². The third kappa shape index (κ3) is 3.62. The molecule has 2 heterocycles. The molecular formula is C19H24N2O3. The lowest BCUT2D eigenvalue weighted by Crippen LogP contribution is -2.32. The number of aromatic nitrogens is 1. The van der Waals surface area contributed by atoms with Crippen LogP contribution in [0.25, 0.3) is 5.69 Å². The highest BCUT2D eigenvalue weighted by atomic mass is 16.5. The Hall–Kier alpha value is -2.27. The Morgan fingerprint density at radius 3 is 2.50 bits per heavy atom. The average molecular weight is 328 g/mol. The highest BCUT2D eigenvalue weighted by Crippen LogP contribution is 2.21. The molecule has 0 saturated carbocycles. The summed E-state index contributed by atoms with van der Waals surface area (Å²) in [5.74, 6) is 1.26. The van der Waals surface area contributed by atoms with Crippen molar-refractivity contribution < 1.29 is 9.84 Å². The van der Waals surface area contributed by atoms with Crippen LogP contribution >= 0.6 is 0 Å². The highest BCUT2D eigenvalue weighted by molar-refractivity contribution is 5.41. The lowest BCUT2D eigenvalue weighted by molar-refractivity contribution is 0.160. The Morgan fingerprint density at radius 2 is 1.83 bits per heavy atom. The smallest absolute Gasteiger partial charge is 0.223 e. The normalized spacial score (nSPS) is 16.2. The first-order valence-corrected chi connectivity index (χ1v) is 8.37. The average Bonchev–Trinajstić information content (AvgIpc) is 2.60. The van der Waals surface area contributed by atoms with Crippen LogP contribution in [-0.4, -0.2) is 41.3 Å². The molecule has 0 atom stereocenters. The minimum absolute atomic E-state index is 0.208. The Morgan fingerprint density at radius 1 is 1.17 bits per heavy atom. The first kappa shape index (κ1) is 16.6. The lowest BCUT2D eigenvalue weighted by Gasteiger charge is -2.28. The molecular weight excluding hydrogens is 304 g/mol. The molecule has 0 aliphatic carbocycles. The van der Waals surface area contributed by atoms with Crippen LogP contribution in [0.5, 0.6) is 11.5 Å². The summed E-state index contributed by atoms with van der Waals surface area (Å²) in [6, 6.07) is 9.09. The van der Waals surface area contributed by atoms with Crippen molar-refractivity contribution in [1.29, 1.82) is 0 Å². The third-order valence-corrected chi connectivity index (χ3v) is 4.75. The van der Waals surface area contributed by atoms with Crippen LogP contribution in [0, 0.1) is 12.8 Å². The van der Waals surface area contributed by atoms with E-state index in [2.05, 4.69) is 11.9 Å². The molecule has 0 radical (unpaired) electrons. The zero-order chi connectivity index (χ0) is 17.1. The second-order valence-corrected chi connectivity index (χ2v) is 6.54. The summed E-state index contributed by atoms with van der Waals surface area (Å²) in [4.78, 5) is 13.8. The molecule has 1 aromatic carbocycles. The van der Waals surface area contributed by atoms with Gasteiger partial charge in [0.1, 0.15) is 5.75 Å². The number of likely N-dealkylation sites (tertiary alicyclic amines) is 1. The van der Waals surface area contributed by atoms with Gasteiger partial charge in [-0.15, -0.1) is 0 Å². The molecule has 1 aliphatic rings. The summed E-state index contributed by atoms with van der Waals surface area (Å²) < 4.78 is 7.71. The van der Waals surface area contributed by atoms with E-state index < -0.39 is 0 Å². The van der Waals surface area contributed by atoms with Crippen molar-refractivity contribution in [2.45, 2.75) is 19.8 Å². The van der Waals surface area contributed by atoms with Gasteiger partial charge in [-0.05, 0) is 70.1 Å². The molecule has 1 aliphatic heterocycles. The van der Waals surface area contributed by atoms with E-state index in [4.69, 9.17) is 4.74 Å². The molecule has 0 bridgehead atoms. The summed E-state index contributed by atoms with van der Waals surface area (Å²) in [6.45, 7) is 4.76. The third-order valence-electron chi connectivity index (χ3n) is 4.75. The van der Waals surface area contributed by atoms with Gasteiger partial charge in [0, 0.05) is 18.0 Å². The van der Waals surface area contributed by atoms with Crippen molar-refractivity contribution in [2.24, 2.45) is 5.92 Å². The molecule has 1 N–H and O–H groups in total. The van der Waals surface area contributed by atoms with Crippen molar-refractivity contribution in [3.63, 3.8) is 0 Å². The SMILES string of the molecule is Cc1c(O)c(=O)ccn1-c1ccc(OCC2CCN(C)CC2)cc1. The molecule has 2 aromatic rings. The summed E-state index contributed by atoms with van der Waals surface area (Å²) >= 11 is 0. The number of piperidine rings is 1. The van der Waals surface area contributed by atoms with E-state index in [0.29, 0.717) is 11.6 Å². The first-order valence-electron chi connectivity index (χ1n) is 8.37. The van der Waals surface area contributed by atoms with E-state index in [0.717, 1.165) is 31.1 Å². The Balaban J connectivity index is 1.65. The summed E-state index contributed by atoms with van der Waals surface area (Å²) in [5, 5.41) is 9.79. The molecule has 1 saturated heterocycles. The zero-order valence-electron chi connectivity index (χ0n) is 14.2. The van der Waals surface area contributed by atoms with Gasteiger partial charge in [0.25, 0.3) is 0 Å². The summed E-state index contributed by atoms with van der Waals surface area (Å²) in [6.07, 6.45) is 4.04. The molecule has 0 unspecified atom stereocenters. The molecule has 0 amide bonds. The lowest BCUT2D eigenvalue weighted by atomic mass is 9.98. The number of hydrogen-bond acceptors (Lipinski definition) is 4. The maximum Gasteiger partial charge on any atom is 0.223 e. The fourth-order valence-corrected chi connectivity index (χ4v) is 3.05. The van der Waals surface area contributed by atoms with Crippen LogP contribution in [-0.2, 0) is 0 Å². The standard InChI is InChI=1S/C19H24N2O3/c1-14-19(23)18(22)9-12-21(14)16-3-5-17(6-4-16)24-13-15-7-10-20(2)11-8-15/h3-6,9,12,15,23H,7-8,10-11,13H2,1-2H3. The van der Waals surface area contributed by atoms with E-state index in [1.807, 2.05) is 24.3 Å². The quantitative estimate of drug-likeness (QED) is 0.937. The van der Waals surface area contributed by atoms with Crippen LogP contribution in [0.1, 0.15) is 18.5 Å². The molecule has 3 rings (SSSR count). The molecule has 24 heavy (non-hydrogen) atoms. The minimum atomic E-state index is -0.359. The number of hydrogen-bond donors (Lipinski definition) is 1. The van der Waals surface area contributed by atoms with E-state index in [-0.39, 0.29) is 11.2 Å². The van der Waals surface area contributed by atoms with Crippen LogP contribution < -0.4 is 10.2 Å². The van der Waals surface area contributed by atoms with Crippen molar-refractivity contribution in [1.82, 2.24) is 9.47 Å². The van der Waals surface area contributed by atoms with E-state index in [1.54, 1.807) is 17.7 Å². The largest absolute Gasteiger partial charge is 0.503 e. The minimum Gasteiger partial charge on any atom is -0.503 e. The molecule has 1 fully saturated rings. The van der Waals surface area contributed by atoms with Crippen molar-refractivity contribution in [2.75, 3.05) is 26.7 Å². The number of ether oxygens (including phenoxy) is 1. The number of nitrogens with zero attached hydrogens (tertiary/aromatic N) is 2. The fourth-order valence-electron chi connectivity index (χ4n) is 3.05. The number of pyridine rings is 1. The molecule has 5 heteroatoms. The van der Waals surface area contributed by atoms with Crippen LogP contribution in [0.2, 0.25) is 0 Å².